The fourth-order valence-corrected chi connectivity index (χ4v) is 3.93. The Morgan fingerprint density at radius 1 is 1.32 bits per heavy atom. The van der Waals surface area contributed by atoms with E-state index < -0.39 is 10.0 Å². The van der Waals surface area contributed by atoms with Crippen LogP contribution in [0.25, 0.3) is 0 Å². The number of sulfonamides is 1. The first-order valence-corrected chi connectivity index (χ1v) is 8.88. The van der Waals surface area contributed by atoms with Crippen LogP contribution in [0.3, 0.4) is 0 Å². The predicted molar refractivity (Wildman–Crippen MR) is 77.8 cm³/mol. The monoisotopic (exact) mass is 292 g/mol. The van der Waals surface area contributed by atoms with Crippen molar-refractivity contribution in [3.05, 3.63) is 0 Å². The summed E-state index contributed by atoms with van der Waals surface area (Å²) in [5.41, 5.74) is 0. The van der Waals surface area contributed by atoms with Gasteiger partial charge >= 0.3 is 0 Å². The second-order valence-electron chi connectivity index (χ2n) is 5.22. The van der Waals surface area contributed by atoms with E-state index in [9.17, 15) is 8.42 Å². The summed E-state index contributed by atoms with van der Waals surface area (Å²) in [5, 5.41) is 3.28. The SMILES string of the molecule is CCCNCCCCS(=O)(=O)N(C)C1CCOC1C. The third-order valence-electron chi connectivity index (χ3n) is 3.67. The molecule has 1 N–H and O–H groups in total. The molecular formula is C13H28N2O3S. The summed E-state index contributed by atoms with van der Waals surface area (Å²) >= 11 is 0. The van der Waals surface area contributed by atoms with Gasteiger partial charge in [-0.05, 0) is 45.7 Å². The maximum Gasteiger partial charge on any atom is 0.214 e. The minimum absolute atomic E-state index is 0.00298. The Morgan fingerprint density at radius 2 is 2.05 bits per heavy atom. The number of unbranched alkanes of at least 4 members (excludes halogenated alkanes) is 1. The molecule has 0 aromatic carbocycles. The highest BCUT2D eigenvalue weighted by Crippen LogP contribution is 2.21. The van der Waals surface area contributed by atoms with E-state index in [-0.39, 0.29) is 17.9 Å². The number of rotatable bonds is 9. The van der Waals surface area contributed by atoms with Gasteiger partial charge in [0.1, 0.15) is 0 Å². The molecule has 0 amide bonds. The fourth-order valence-electron chi connectivity index (χ4n) is 2.38. The average Bonchev–Trinajstić information content (AvgIpc) is 2.78. The topological polar surface area (TPSA) is 58.6 Å². The first kappa shape index (κ1) is 16.9. The molecule has 1 aliphatic rings. The molecule has 0 saturated carbocycles. The average molecular weight is 292 g/mol. The Labute approximate surface area is 117 Å². The van der Waals surface area contributed by atoms with Crippen molar-refractivity contribution in [1.29, 1.82) is 0 Å². The lowest BCUT2D eigenvalue weighted by molar-refractivity contribution is 0.102. The van der Waals surface area contributed by atoms with E-state index in [2.05, 4.69) is 12.2 Å². The molecule has 0 aromatic rings. The second kappa shape index (κ2) is 8.19. The quantitative estimate of drug-likeness (QED) is 0.649. The summed E-state index contributed by atoms with van der Waals surface area (Å²) in [6, 6.07) is 0.00298. The zero-order valence-corrected chi connectivity index (χ0v) is 13.2. The molecule has 114 valence electrons. The Morgan fingerprint density at radius 3 is 2.63 bits per heavy atom. The van der Waals surface area contributed by atoms with E-state index in [0.29, 0.717) is 13.0 Å². The van der Waals surface area contributed by atoms with Crippen LogP contribution in [0.5, 0.6) is 0 Å². The lowest BCUT2D eigenvalue weighted by Gasteiger charge is -2.26. The molecule has 0 aromatic heterocycles. The Balaban J connectivity index is 2.30. The first-order chi connectivity index (χ1) is 8.99. The molecule has 0 spiro atoms. The lowest BCUT2D eigenvalue weighted by Crippen LogP contribution is -2.42. The smallest absolute Gasteiger partial charge is 0.214 e. The zero-order chi connectivity index (χ0) is 14.3. The minimum Gasteiger partial charge on any atom is -0.377 e. The number of likely N-dealkylation sites (N-methyl/N-ethyl adjacent to an activating group) is 1. The Kier molecular flexibility index (Phi) is 7.28. The third kappa shape index (κ3) is 5.38. The molecule has 19 heavy (non-hydrogen) atoms. The van der Waals surface area contributed by atoms with Crippen LogP contribution in [0.2, 0.25) is 0 Å². The fraction of sp³-hybridized carbons (Fsp3) is 1.00. The minimum atomic E-state index is -3.14. The van der Waals surface area contributed by atoms with Crippen LogP contribution in [-0.4, -0.2) is 57.4 Å². The van der Waals surface area contributed by atoms with Gasteiger partial charge in [0.15, 0.2) is 0 Å². The number of ether oxygens (including phenoxy) is 1. The van der Waals surface area contributed by atoms with E-state index in [4.69, 9.17) is 4.74 Å². The van der Waals surface area contributed by atoms with Crippen molar-refractivity contribution in [2.24, 2.45) is 0 Å². The number of nitrogens with zero attached hydrogens (tertiary/aromatic N) is 1. The van der Waals surface area contributed by atoms with Gasteiger partial charge in [-0.15, -0.1) is 0 Å². The predicted octanol–water partition coefficient (Wildman–Crippen LogP) is 1.21. The highest BCUT2D eigenvalue weighted by atomic mass is 32.2. The van der Waals surface area contributed by atoms with Crippen LogP contribution in [0, 0.1) is 0 Å². The molecule has 2 unspecified atom stereocenters. The zero-order valence-electron chi connectivity index (χ0n) is 12.4. The van der Waals surface area contributed by atoms with Crippen molar-refractivity contribution < 1.29 is 13.2 Å². The highest BCUT2D eigenvalue weighted by Gasteiger charge is 2.33. The van der Waals surface area contributed by atoms with Crippen LogP contribution < -0.4 is 5.32 Å². The Bertz CT molecular complexity index is 346. The summed E-state index contributed by atoms with van der Waals surface area (Å²) in [6.45, 7) is 6.63. The first-order valence-electron chi connectivity index (χ1n) is 7.27. The van der Waals surface area contributed by atoms with Gasteiger partial charge in [-0.1, -0.05) is 6.92 Å². The molecule has 1 fully saturated rings. The van der Waals surface area contributed by atoms with Gasteiger partial charge in [-0.2, -0.15) is 4.31 Å². The van der Waals surface area contributed by atoms with Gasteiger partial charge in [0.25, 0.3) is 0 Å². The normalized spacial score (nSPS) is 24.2. The standard InChI is InChI=1S/C13H28N2O3S/c1-4-8-14-9-5-6-11-19(16,17)15(3)13-7-10-18-12(13)2/h12-14H,4-11H2,1-3H3. The van der Waals surface area contributed by atoms with Crippen molar-refractivity contribution in [3.63, 3.8) is 0 Å². The molecule has 6 heteroatoms. The maximum atomic E-state index is 12.2. The molecule has 5 nitrogen and oxygen atoms in total. The summed E-state index contributed by atoms with van der Waals surface area (Å²) < 4.78 is 31.4. The van der Waals surface area contributed by atoms with Crippen LogP contribution in [0.1, 0.15) is 39.5 Å². The van der Waals surface area contributed by atoms with Crippen LogP contribution in [0.4, 0.5) is 0 Å². The van der Waals surface area contributed by atoms with Crippen molar-refractivity contribution in [2.45, 2.75) is 51.7 Å². The molecule has 0 aliphatic carbocycles. The summed E-state index contributed by atoms with van der Waals surface area (Å²) in [6.07, 6.45) is 3.54. The van der Waals surface area contributed by atoms with Gasteiger partial charge in [0, 0.05) is 13.7 Å². The molecule has 0 radical (unpaired) electrons. The molecule has 2 atom stereocenters. The highest BCUT2D eigenvalue weighted by molar-refractivity contribution is 7.89. The van der Waals surface area contributed by atoms with E-state index in [0.717, 1.165) is 32.4 Å². The van der Waals surface area contributed by atoms with Crippen molar-refractivity contribution in [3.8, 4) is 0 Å². The second-order valence-corrected chi connectivity index (χ2v) is 7.37. The van der Waals surface area contributed by atoms with Gasteiger partial charge < -0.3 is 10.1 Å². The van der Waals surface area contributed by atoms with E-state index >= 15 is 0 Å². The molecule has 1 heterocycles. The largest absolute Gasteiger partial charge is 0.377 e. The van der Waals surface area contributed by atoms with Crippen LogP contribution >= 0.6 is 0 Å². The van der Waals surface area contributed by atoms with Crippen LogP contribution in [0.15, 0.2) is 0 Å². The third-order valence-corrected chi connectivity index (χ3v) is 5.63. The van der Waals surface area contributed by atoms with Crippen molar-refractivity contribution in [1.82, 2.24) is 9.62 Å². The van der Waals surface area contributed by atoms with Gasteiger partial charge in [0.2, 0.25) is 10.0 Å². The maximum absolute atomic E-state index is 12.2. The molecule has 1 aliphatic heterocycles. The molecule has 0 bridgehead atoms. The molecule has 1 saturated heterocycles. The van der Waals surface area contributed by atoms with Crippen molar-refractivity contribution in [2.75, 3.05) is 32.5 Å². The number of hydrogen-bond acceptors (Lipinski definition) is 4. The molecular weight excluding hydrogens is 264 g/mol. The van der Waals surface area contributed by atoms with E-state index in [1.807, 2.05) is 6.92 Å². The van der Waals surface area contributed by atoms with E-state index in [1.165, 1.54) is 4.31 Å². The number of hydrogen-bond donors (Lipinski definition) is 1. The number of nitrogens with one attached hydrogen (secondary N) is 1. The summed E-state index contributed by atoms with van der Waals surface area (Å²) in [7, 11) is -1.46. The van der Waals surface area contributed by atoms with Crippen LogP contribution in [-0.2, 0) is 14.8 Å². The van der Waals surface area contributed by atoms with Gasteiger partial charge in [0.05, 0.1) is 17.9 Å². The van der Waals surface area contributed by atoms with Crippen molar-refractivity contribution >= 4 is 10.0 Å². The summed E-state index contributed by atoms with van der Waals surface area (Å²) in [5.74, 6) is 0.237. The molecule has 1 rings (SSSR count). The van der Waals surface area contributed by atoms with E-state index in [1.54, 1.807) is 7.05 Å². The summed E-state index contributed by atoms with van der Waals surface area (Å²) in [4.78, 5) is 0. The van der Waals surface area contributed by atoms with Gasteiger partial charge in [-0.25, -0.2) is 8.42 Å². The van der Waals surface area contributed by atoms with Gasteiger partial charge in [-0.3, -0.25) is 0 Å². The Hall–Kier alpha value is -0.170. The lowest BCUT2D eigenvalue weighted by atomic mass is 10.2.